The van der Waals surface area contributed by atoms with Crippen LogP contribution in [0.15, 0.2) is 16.7 Å². The van der Waals surface area contributed by atoms with Gasteiger partial charge in [-0.15, -0.1) is 0 Å². The number of pyridine rings is 1. The van der Waals surface area contributed by atoms with Gasteiger partial charge in [0.2, 0.25) is 0 Å². The van der Waals surface area contributed by atoms with Crippen LogP contribution in [0.2, 0.25) is 0 Å². The molecular formula is C10H10BrN3O. The second-order valence-electron chi connectivity index (χ2n) is 3.24. The first kappa shape index (κ1) is 10.4. The van der Waals surface area contributed by atoms with Gasteiger partial charge >= 0.3 is 0 Å². The van der Waals surface area contributed by atoms with Crippen LogP contribution < -0.4 is 4.90 Å². The summed E-state index contributed by atoms with van der Waals surface area (Å²) in [6.45, 7) is 3.15. The highest BCUT2D eigenvalue weighted by atomic mass is 79.9. The van der Waals surface area contributed by atoms with Crippen LogP contribution in [0.5, 0.6) is 0 Å². The Bertz CT molecular complexity index is 396. The third-order valence-corrected chi connectivity index (χ3v) is 2.85. The molecule has 1 aromatic heterocycles. The van der Waals surface area contributed by atoms with Crippen LogP contribution >= 0.6 is 15.9 Å². The van der Waals surface area contributed by atoms with Crippen molar-refractivity contribution in [1.29, 1.82) is 5.26 Å². The first-order chi connectivity index (χ1) is 7.31. The van der Waals surface area contributed by atoms with Gasteiger partial charge in [-0.05, 0) is 22.0 Å². The Morgan fingerprint density at radius 2 is 2.20 bits per heavy atom. The molecule has 0 atom stereocenters. The molecule has 0 radical (unpaired) electrons. The molecule has 2 heterocycles. The first-order valence-electron chi connectivity index (χ1n) is 4.69. The highest BCUT2D eigenvalue weighted by Gasteiger charge is 2.15. The van der Waals surface area contributed by atoms with Gasteiger partial charge in [-0.2, -0.15) is 5.26 Å². The number of hydrogen-bond donors (Lipinski definition) is 0. The molecule has 5 heteroatoms. The molecule has 1 aliphatic rings. The van der Waals surface area contributed by atoms with Crippen molar-refractivity contribution in [2.24, 2.45) is 0 Å². The predicted octanol–water partition coefficient (Wildman–Crippen LogP) is 1.55. The lowest BCUT2D eigenvalue weighted by Gasteiger charge is -2.28. The fourth-order valence-corrected chi connectivity index (χ4v) is 2.10. The SMILES string of the molecule is N#Cc1cnc(N2CCOCC2)c(Br)c1. The van der Waals surface area contributed by atoms with Gasteiger partial charge in [0.1, 0.15) is 11.9 Å². The summed E-state index contributed by atoms with van der Waals surface area (Å²) in [5.74, 6) is 0.886. The van der Waals surface area contributed by atoms with E-state index >= 15 is 0 Å². The average molecular weight is 268 g/mol. The number of nitrogens with zero attached hydrogens (tertiary/aromatic N) is 3. The van der Waals surface area contributed by atoms with Crippen LogP contribution in [-0.2, 0) is 4.74 Å². The Hall–Kier alpha value is -1.12. The standard InChI is InChI=1S/C10H10BrN3O/c11-9-5-8(6-12)7-13-10(9)14-1-3-15-4-2-14/h5,7H,1-4H2. The highest BCUT2D eigenvalue weighted by molar-refractivity contribution is 9.10. The highest BCUT2D eigenvalue weighted by Crippen LogP contribution is 2.24. The summed E-state index contributed by atoms with van der Waals surface area (Å²) in [7, 11) is 0. The maximum Gasteiger partial charge on any atom is 0.143 e. The summed E-state index contributed by atoms with van der Waals surface area (Å²) in [5, 5.41) is 8.72. The van der Waals surface area contributed by atoms with Gasteiger partial charge in [0.25, 0.3) is 0 Å². The number of ether oxygens (including phenoxy) is 1. The van der Waals surface area contributed by atoms with E-state index < -0.39 is 0 Å². The summed E-state index contributed by atoms with van der Waals surface area (Å²) in [6, 6.07) is 3.85. The van der Waals surface area contributed by atoms with Gasteiger partial charge in [0, 0.05) is 19.3 Å². The van der Waals surface area contributed by atoms with E-state index in [0.29, 0.717) is 5.56 Å². The van der Waals surface area contributed by atoms with E-state index in [-0.39, 0.29) is 0 Å². The molecule has 2 rings (SSSR count). The van der Waals surface area contributed by atoms with Gasteiger partial charge in [0.15, 0.2) is 0 Å². The smallest absolute Gasteiger partial charge is 0.143 e. The molecular weight excluding hydrogens is 258 g/mol. The number of halogens is 1. The number of aromatic nitrogens is 1. The molecule has 4 nitrogen and oxygen atoms in total. The van der Waals surface area contributed by atoms with E-state index in [4.69, 9.17) is 10.00 Å². The molecule has 1 aliphatic heterocycles. The minimum absolute atomic E-state index is 0.568. The van der Waals surface area contributed by atoms with E-state index in [9.17, 15) is 0 Å². The summed E-state index contributed by atoms with van der Waals surface area (Å²) in [5.41, 5.74) is 0.568. The summed E-state index contributed by atoms with van der Waals surface area (Å²) in [4.78, 5) is 6.42. The van der Waals surface area contributed by atoms with Gasteiger partial charge in [-0.1, -0.05) is 0 Å². The number of anilines is 1. The maximum absolute atomic E-state index is 8.72. The largest absolute Gasteiger partial charge is 0.378 e. The molecule has 1 fully saturated rings. The van der Waals surface area contributed by atoms with Crippen molar-refractivity contribution in [2.75, 3.05) is 31.2 Å². The lowest BCUT2D eigenvalue weighted by atomic mass is 10.3. The minimum atomic E-state index is 0.568. The number of nitriles is 1. The lowest BCUT2D eigenvalue weighted by Crippen LogP contribution is -2.37. The molecule has 78 valence electrons. The average Bonchev–Trinajstić information content (AvgIpc) is 2.30. The van der Waals surface area contributed by atoms with Crippen molar-refractivity contribution >= 4 is 21.7 Å². The van der Waals surface area contributed by atoms with Crippen molar-refractivity contribution in [3.05, 3.63) is 22.3 Å². The molecule has 1 saturated heterocycles. The second-order valence-corrected chi connectivity index (χ2v) is 4.09. The van der Waals surface area contributed by atoms with Gasteiger partial charge in [-0.25, -0.2) is 4.98 Å². The molecule has 0 N–H and O–H groups in total. The molecule has 0 amide bonds. The third kappa shape index (κ3) is 2.28. The molecule has 0 bridgehead atoms. The van der Waals surface area contributed by atoms with Crippen molar-refractivity contribution in [3.63, 3.8) is 0 Å². The van der Waals surface area contributed by atoms with Crippen molar-refractivity contribution < 1.29 is 4.74 Å². The second kappa shape index (κ2) is 4.60. The van der Waals surface area contributed by atoms with E-state index in [1.807, 2.05) is 0 Å². The van der Waals surface area contributed by atoms with Gasteiger partial charge in [-0.3, -0.25) is 0 Å². The Balaban J connectivity index is 2.24. The van der Waals surface area contributed by atoms with Crippen LogP contribution in [-0.4, -0.2) is 31.3 Å². The zero-order chi connectivity index (χ0) is 10.7. The summed E-state index contributed by atoms with van der Waals surface area (Å²) in [6.07, 6.45) is 1.59. The molecule has 0 aliphatic carbocycles. The van der Waals surface area contributed by atoms with Crippen LogP contribution in [0.4, 0.5) is 5.82 Å². The summed E-state index contributed by atoms with van der Waals surface area (Å²) < 4.78 is 6.13. The van der Waals surface area contributed by atoms with E-state index in [1.165, 1.54) is 0 Å². The number of hydrogen-bond acceptors (Lipinski definition) is 4. The quantitative estimate of drug-likeness (QED) is 0.775. The zero-order valence-corrected chi connectivity index (χ0v) is 9.70. The van der Waals surface area contributed by atoms with Crippen molar-refractivity contribution in [1.82, 2.24) is 4.98 Å². The topological polar surface area (TPSA) is 49.2 Å². The monoisotopic (exact) mass is 267 g/mol. The van der Waals surface area contributed by atoms with Crippen LogP contribution in [0.1, 0.15) is 5.56 Å². The number of morpholine rings is 1. The van der Waals surface area contributed by atoms with Crippen molar-refractivity contribution in [3.8, 4) is 6.07 Å². The van der Waals surface area contributed by atoms with Crippen LogP contribution in [0.3, 0.4) is 0 Å². The first-order valence-corrected chi connectivity index (χ1v) is 5.49. The minimum Gasteiger partial charge on any atom is -0.378 e. The fourth-order valence-electron chi connectivity index (χ4n) is 1.50. The van der Waals surface area contributed by atoms with Crippen molar-refractivity contribution in [2.45, 2.75) is 0 Å². The Labute approximate surface area is 96.6 Å². The van der Waals surface area contributed by atoms with Crippen LogP contribution in [0, 0.1) is 11.3 Å². The fraction of sp³-hybridized carbons (Fsp3) is 0.400. The molecule has 0 saturated carbocycles. The molecule has 1 aromatic rings. The Kier molecular flexibility index (Phi) is 3.19. The predicted molar refractivity (Wildman–Crippen MR) is 59.7 cm³/mol. The van der Waals surface area contributed by atoms with Gasteiger partial charge < -0.3 is 9.64 Å². The summed E-state index contributed by atoms with van der Waals surface area (Å²) >= 11 is 3.43. The molecule has 0 aromatic carbocycles. The molecule has 0 spiro atoms. The number of rotatable bonds is 1. The third-order valence-electron chi connectivity index (χ3n) is 2.26. The van der Waals surface area contributed by atoms with Gasteiger partial charge in [0.05, 0.1) is 23.2 Å². The maximum atomic E-state index is 8.72. The van der Waals surface area contributed by atoms with Crippen LogP contribution in [0.25, 0.3) is 0 Å². The zero-order valence-electron chi connectivity index (χ0n) is 8.11. The van der Waals surface area contributed by atoms with E-state index in [0.717, 1.165) is 36.6 Å². The Morgan fingerprint density at radius 3 is 2.80 bits per heavy atom. The Morgan fingerprint density at radius 1 is 1.47 bits per heavy atom. The van der Waals surface area contributed by atoms with E-state index in [1.54, 1.807) is 12.3 Å². The molecule has 15 heavy (non-hydrogen) atoms. The van der Waals surface area contributed by atoms with E-state index in [2.05, 4.69) is 31.9 Å². The molecule has 0 unspecified atom stereocenters. The normalized spacial score (nSPS) is 16.1. The lowest BCUT2D eigenvalue weighted by molar-refractivity contribution is 0.122.